The number of hydrogen-bond acceptors (Lipinski definition) is 4. The first kappa shape index (κ1) is 13.4. The quantitative estimate of drug-likeness (QED) is 0.715. The van der Waals surface area contributed by atoms with Crippen molar-refractivity contribution in [3.8, 4) is 0 Å². The zero-order valence-electron chi connectivity index (χ0n) is 10.3. The lowest BCUT2D eigenvalue weighted by atomic mass is 9.94. The highest BCUT2D eigenvalue weighted by Crippen LogP contribution is 2.23. The van der Waals surface area contributed by atoms with Crippen molar-refractivity contribution in [3.63, 3.8) is 0 Å². The smallest absolute Gasteiger partial charge is 0.239 e. The van der Waals surface area contributed by atoms with E-state index in [9.17, 15) is 4.79 Å². The number of amides is 1. The Bertz CT molecular complexity index is 243. The van der Waals surface area contributed by atoms with Gasteiger partial charge in [0.25, 0.3) is 0 Å². The molecule has 1 heterocycles. The fourth-order valence-corrected chi connectivity index (χ4v) is 1.92. The van der Waals surface area contributed by atoms with Crippen molar-refractivity contribution < 1.29 is 14.3 Å². The zero-order chi connectivity index (χ0) is 12.2. The summed E-state index contributed by atoms with van der Waals surface area (Å²) in [5, 5.41) is 2.94. The lowest BCUT2D eigenvalue weighted by Crippen LogP contribution is -2.51. The van der Waals surface area contributed by atoms with E-state index in [1.165, 1.54) is 7.11 Å². The van der Waals surface area contributed by atoms with Crippen LogP contribution in [0.15, 0.2) is 0 Å². The number of rotatable bonds is 4. The molecule has 0 aromatic rings. The number of ether oxygens (including phenoxy) is 2. The third-order valence-electron chi connectivity index (χ3n) is 2.73. The molecule has 16 heavy (non-hydrogen) atoms. The minimum Gasteiger partial charge on any atom is -0.383 e. The molecular formula is C11H22N2O3. The summed E-state index contributed by atoms with van der Waals surface area (Å²) in [6.45, 7) is 4.98. The number of carbonyl (C=O) groups excluding carboxylic acids is 1. The van der Waals surface area contributed by atoms with E-state index in [4.69, 9.17) is 15.2 Å². The van der Waals surface area contributed by atoms with Crippen molar-refractivity contribution in [2.24, 2.45) is 5.73 Å². The fraction of sp³-hybridized carbons (Fsp3) is 0.909. The fourth-order valence-electron chi connectivity index (χ4n) is 1.92. The molecule has 1 rings (SSSR count). The summed E-state index contributed by atoms with van der Waals surface area (Å²) >= 11 is 0. The van der Waals surface area contributed by atoms with Gasteiger partial charge in [-0.05, 0) is 26.7 Å². The second-order valence-electron chi connectivity index (χ2n) is 4.87. The van der Waals surface area contributed by atoms with Gasteiger partial charge < -0.3 is 20.5 Å². The standard InChI is InChI=1S/C11H22N2O3/c1-11(2)6-8(4-5-16-11)13-10(14)9(12)7-15-3/h8-9H,4-7,12H2,1-3H3,(H,13,14). The molecule has 1 amide bonds. The molecule has 2 atom stereocenters. The number of nitrogens with one attached hydrogen (secondary N) is 1. The van der Waals surface area contributed by atoms with E-state index in [1.54, 1.807) is 0 Å². The van der Waals surface area contributed by atoms with Gasteiger partial charge in [-0.25, -0.2) is 0 Å². The molecule has 5 heteroatoms. The van der Waals surface area contributed by atoms with Crippen LogP contribution in [0, 0.1) is 0 Å². The van der Waals surface area contributed by atoms with Crippen LogP contribution in [0.4, 0.5) is 0 Å². The Labute approximate surface area is 96.7 Å². The van der Waals surface area contributed by atoms with E-state index in [1.807, 2.05) is 13.8 Å². The summed E-state index contributed by atoms with van der Waals surface area (Å²) in [4.78, 5) is 11.7. The van der Waals surface area contributed by atoms with Gasteiger partial charge in [-0.15, -0.1) is 0 Å². The van der Waals surface area contributed by atoms with Gasteiger partial charge >= 0.3 is 0 Å². The Hall–Kier alpha value is -0.650. The Morgan fingerprint density at radius 1 is 1.69 bits per heavy atom. The van der Waals surface area contributed by atoms with Crippen LogP contribution in [0.25, 0.3) is 0 Å². The summed E-state index contributed by atoms with van der Waals surface area (Å²) < 4.78 is 10.4. The van der Waals surface area contributed by atoms with Crippen molar-refractivity contribution >= 4 is 5.91 Å². The number of hydrogen-bond donors (Lipinski definition) is 2. The Morgan fingerprint density at radius 2 is 2.38 bits per heavy atom. The second kappa shape index (κ2) is 5.61. The monoisotopic (exact) mass is 230 g/mol. The molecule has 5 nitrogen and oxygen atoms in total. The number of nitrogens with two attached hydrogens (primary N) is 1. The summed E-state index contributed by atoms with van der Waals surface area (Å²) in [6.07, 6.45) is 1.66. The maximum atomic E-state index is 11.7. The average molecular weight is 230 g/mol. The molecular weight excluding hydrogens is 208 g/mol. The first-order valence-electron chi connectivity index (χ1n) is 5.63. The second-order valence-corrected chi connectivity index (χ2v) is 4.87. The van der Waals surface area contributed by atoms with Crippen LogP contribution in [0.2, 0.25) is 0 Å². The normalized spacial score (nSPS) is 26.1. The first-order valence-corrected chi connectivity index (χ1v) is 5.63. The molecule has 0 aromatic heterocycles. The lowest BCUT2D eigenvalue weighted by molar-refractivity contribution is -0.126. The van der Waals surface area contributed by atoms with Crippen molar-refractivity contribution in [2.75, 3.05) is 20.3 Å². The van der Waals surface area contributed by atoms with E-state index in [-0.39, 0.29) is 24.2 Å². The Morgan fingerprint density at radius 3 is 2.94 bits per heavy atom. The van der Waals surface area contributed by atoms with Gasteiger partial charge in [0, 0.05) is 19.8 Å². The summed E-state index contributed by atoms with van der Waals surface area (Å²) in [5.74, 6) is -0.149. The van der Waals surface area contributed by atoms with Crippen LogP contribution in [-0.2, 0) is 14.3 Å². The minimum atomic E-state index is -0.587. The largest absolute Gasteiger partial charge is 0.383 e. The maximum absolute atomic E-state index is 11.7. The van der Waals surface area contributed by atoms with Gasteiger partial charge in [0.15, 0.2) is 0 Å². The molecule has 0 aliphatic carbocycles. The van der Waals surface area contributed by atoms with Crippen LogP contribution in [0.3, 0.4) is 0 Å². The van der Waals surface area contributed by atoms with Gasteiger partial charge in [-0.3, -0.25) is 4.79 Å². The summed E-state index contributed by atoms with van der Waals surface area (Å²) in [5.41, 5.74) is 5.48. The molecule has 0 aromatic carbocycles. The zero-order valence-corrected chi connectivity index (χ0v) is 10.3. The molecule has 1 aliphatic heterocycles. The van der Waals surface area contributed by atoms with Crippen molar-refractivity contribution in [2.45, 2.75) is 44.4 Å². The van der Waals surface area contributed by atoms with Gasteiger partial charge in [0.05, 0.1) is 12.2 Å². The van der Waals surface area contributed by atoms with E-state index in [0.717, 1.165) is 12.8 Å². The predicted molar refractivity (Wildman–Crippen MR) is 61.0 cm³/mol. The first-order chi connectivity index (χ1) is 7.44. The van der Waals surface area contributed by atoms with E-state index in [2.05, 4.69) is 5.32 Å². The van der Waals surface area contributed by atoms with Crippen molar-refractivity contribution in [3.05, 3.63) is 0 Å². The van der Waals surface area contributed by atoms with Crippen LogP contribution in [0.5, 0.6) is 0 Å². The molecule has 2 unspecified atom stereocenters. The van der Waals surface area contributed by atoms with E-state index >= 15 is 0 Å². The number of carbonyl (C=O) groups is 1. The molecule has 0 radical (unpaired) electrons. The van der Waals surface area contributed by atoms with Crippen molar-refractivity contribution in [1.82, 2.24) is 5.32 Å². The van der Waals surface area contributed by atoms with Crippen LogP contribution in [0.1, 0.15) is 26.7 Å². The van der Waals surface area contributed by atoms with Gasteiger partial charge in [0.1, 0.15) is 6.04 Å². The maximum Gasteiger partial charge on any atom is 0.239 e. The molecule has 94 valence electrons. The molecule has 1 aliphatic rings. The van der Waals surface area contributed by atoms with E-state index < -0.39 is 6.04 Å². The van der Waals surface area contributed by atoms with Gasteiger partial charge in [0.2, 0.25) is 5.91 Å². The molecule has 0 saturated carbocycles. The topological polar surface area (TPSA) is 73.6 Å². The molecule has 1 saturated heterocycles. The molecule has 0 spiro atoms. The average Bonchev–Trinajstić information content (AvgIpc) is 2.16. The van der Waals surface area contributed by atoms with Crippen LogP contribution in [-0.4, -0.2) is 43.9 Å². The third kappa shape index (κ3) is 4.08. The minimum absolute atomic E-state index is 0.149. The van der Waals surface area contributed by atoms with Crippen LogP contribution < -0.4 is 11.1 Å². The Kier molecular flexibility index (Phi) is 4.70. The summed E-state index contributed by atoms with van der Waals surface area (Å²) in [6, 6.07) is -0.435. The SMILES string of the molecule is COCC(N)C(=O)NC1CCOC(C)(C)C1. The van der Waals surface area contributed by atoms with Gasteiger partial charge in [-0.1, -0.05) is 0 Å². The van der Waals surface area contributed by atoms with E-state index in [0.29, 0.717) is 6.61 Å². The summed E-state index contributed by atoms with van der Waals surface area (Å²) in [7, 11) is 1.53. The number of methoxy groups -OCH3 is 1. The van der Waals surface area contributed by atoms with Crippen LogP contribution >= 0.6 is 0 Å². The Balaban J connectivity index is 2.39. The highest BCUT2D eigenvalue weighted by atomic mass is 16.5. The molecule has 0 bridgehead atoms. The predicted octanol–water partition coefficient (Wildman–Crippen LogP) is 0.0339. The third-order valence-corrected chi connectivity index (χ3v) is 2.73. The lowest BCUT2D eigenvalue weighted by Gasteiger charge is -2.36. The molecule has 3 N–H and O–H groups in total. The highest BCUT2D eigenvalue weighted by molar-refractivity contribution is 5.81. The van der Waals surface area contributed by atoms with Gasteiger partial charge in [-0.2, -0.15) is 0 Å². The highest BCUT2D eigenvalue weighted by Gasteiger charge is 2.30. The molecule has 1 fully saturated rings. The van der Waals surface area contributed by atoms with Crippen molar-refractivity contribution in [1.29, 1.82) is 0 Å².